The van der Waals surface area contributed by atoms with Crippen molar-refractivity contribution in [1.82, 2.24) is 5.32 Å². The summed E-state index contributed by atoms with van der Waals surface area (Å²) in [4.78, 5) is 114. The van der Waals surface area contributed by atoms with E-state index in [1.807, 2.05) is 19.1 Å². The molecule has 1 heterocycles. The van der Waals surface area contributed by atoms with Gasteiger partial charge < -0.3 is 53.5 Å². The fourth-order valence-electron chi connectivity index (χ4n) is 11.5. The van der Waals surface area contributed by atoms with Crippen LogP contribution in [0.3, 0.4) is 0 Å². The number of aliphatic hydroxyl groups excluding tert-OH is 1. The second-order valence-electron chi connectivity index (χ2n) is 23.6. The van der Waals surface area contributed by atoms with Crippen LogP contribution in [0.2, 0.25) is 0 Å². The van der Waals surface area contributed by atoms with Crippen LogP contribution in [0.5, 0.6) is 0 Å². The molecule has 0 spiro atoms. The summed E-state index contributed by atoms with van der Waals surface area (Å²) in [5.41, 5.74) is -7.80. The fourth-order valence-corrected chi connectivity index (χ4v) is 14.0. The number of carbonyl (C=O) groups is 8. The number of aliphatic hydroxyl groups is 2. The Morgan fingerprint density at radius 1 is 0.924 bits per heavy atom. The van der Waals surface area contributed by atoms with E-state index >= 15 is 9.59 Å². The van der Waals surface area contributed by atoms with Gasteiger partial charge in [0.05, 0.1) is 48.0 Å². The van der Waals surface area contributed by atoms with Gasteiger partial charge in [0, 0.05) is 41.7 Å². The highest BCUT2D eigenvalue weighted by Crippen LogP contribution is 2.64. The van der Waals surface area contributed by atoms with Gasteiger partial charge in [-0.15, -0.1) is 0 Å². The van der Waals surface area contributed by atoms with E-state index in [0.717, 1.165) is 11.8 Å². The molecule has 20 heteroatoms. The first kappa shape index (κ1) is 61.1. The molecule has 1 aliphatic heterocycles. The SMILES string of the molecule is CC(=O)CCC(C)SSc1ccccc1CC(=O)O[C@@H](C(=O)O[C@H]1C[C@@]2(O)[C@@H](OC(=O)c3ccccc3)[C@@H]3[C@]4(OC(C)=O)CO[C@@H]4C[C@H](O)[C@@]3(C)C(=O)[C@H](OC(=O)C3CC3)C(=C1C)C2(C)C)[C@H](C=C(C)C)NC(=O)OC(C)(C)C. The normalized spacial score (nSPS) is 29.0. The quantitative estimate of drug-likeness (QED) is 0.0520. The lowest BCUT2D eigenvalue weighted by Gasteiger charge is -2.67. The average Bonchev–Trinajstić information content (AvgIpc) is 2.42. The lowest BCUT2D eigenvalue weighted by Crippen LogP contribution is -2.82. The van der Waals surface area contributed by atoms with E-state index in [2.05, 4.69) is 5.32 Å². The Morgan fingerprint density at radius 2 is 1.58 bits per heavy atom. The van der Waals surface area contributed by atoms with Crippen LogP contribution in [0.25, 0.3) is 0 Å². The number of hydrogen-bond acceptors (Lipinski definition) is 19. The molecule has 1 amide bonds. The number of ether oxygens (including phenoxy) is 7. The minimum Gasteiger partial charge on any atom is -0.455 e. The van der Waals surface area contributed by atoms with Crippen LogP contribution in [0, 0.1) is 22.7 Å². The number of carbonyl (C=O) groups excluding carboxylic acids is 8. The van der Waals surface area contributed by atoms with Gasteiger partial charge in [0.25, 0.3) is 0 Å². The van der Waals surface area contributed by atoms with Crippen LogP contribution in [0.1, 0.15) is 138 Å². The van der Waals surface area contributed by atoms with E-state index < -0.39 is 130 Å². The molecule has 4 fully saturated rings. The number of allylic oxidation sites excluding steroid dienone is 1. The largest absolute Gasteiger partial charge is 0.455 e. The van der Waals surface area contributed by atoms with Crippen LogP contribution < -0.4 is 5.32 Å². The number of Topliss-reactive ketones (excluding diaryl/α,β-unsaturated/α-hetero) is 2. The third-order valence-electron chi connectivity index (χ3n) is 15.8. The van der Waals surface area contributed by atoms with E-state index in [4.69, 9.17) is 33.2 Å². The Bertz CT molecular complexity index is 2760. The Hall–Kier alpha value is -5.54. The van der Waals surface area contributed by atoms with Crippen LogP contribution in [-0.2, 0) is 68.3 Å². The van der Waals surface area contributed by atoms with Gasteiger partial charge in [-0.2, -0.15) is 0 Å². The van der Waals surface area contributed by atoms with Gasteiger partial charge >= 0.3 is 35.9 Å². The molecule has 5 aliphatic rings. The minimum absolute atomic E-state index is 0.0110. The second kappa shape index (κ2) is 23.9. The summed E-state index contributed by atoms with van der Waals surface area (Å²) in [5, 5.41) is 29.2. The maximum Gasteiger partial charge on any atom is 0.408 e. The van der Waals surface area contributed by atoms with E-state index in [0.29, 0.717) is 36.8 Å². The number of nitrogens with one attached hydrogen (secondary N) is 1. The number of ketones is 2. The first-order chi connectivity index (χ1) is 36.9. The molecule has 2 aromatic rings. The summed E-state index contributed by atoms with van der Waals surface area (Å²) in [6.45, 7) is 18.8. The van der Waals surface area contributed by atoms with Gasteiger partial charge in [-0.3, -0.25) is 19.2 Å². The van der Waals surface area contributed by atoms with E-state index in [-0.39, 0.29) is 47.2 Å². The number of fused-ring (bicyclic) bond motifs is 5. The Labute approximate surface area is 469 Å². The van der Waals surface area contributed by atoms with Crippen molar-refractivity contribution in [3.05, 3.63) is 88.5 Å². The molecule has 4 aliphatic carbocycles. The zero-order valence-electron chi connectivity index (χ0n) is 47.0. The molecule has 12 atom stereocenters. The molecule has 2 bridgehead atoms. The molecule has 3 saturated carbocycles. The average molecular weight is 1130 g/mol. The summed E-state index contributed by atoms with van der Waals surface area (Å²) in [6, 6.07) is 13.5. The monoisotopic (exact) mass is 1130 g/mol. The molecule has 7 rings (SSSR count). The predicted molar refractivity (Wildman–Crippen MR) is 291 cm³/mol. The van der Waals surface area contributed by atoms with Crippen LogP contribution >= 0.6 is 21.6 Å². The maximum absolute atomic E-state index is 16.0. The molecule has 430 valence electrons. The van der Waals surface area contributed by atoms with Crippen molar-refractivity contribution in [3.63, 3.8) is 0 Å². The molecular weight excluding hydrogens is 1060 g/mol. The smallest absolute Gasteiger partial charge is 0.408 e. The zero-order chi connectivity index (χ0) is 58.2. The van der Waals surface area contributed by atoms with Crippen molar-refractivity contribution < 1.29 is 81.7 Å². The van der Waals surface area contributed by atoms with Gasteiger partial charge in [0.1, 0.15) is 35.3 Å². The minimum atomic E-state index is -2.47. The summed E-state index contributed by atoms with van der Waals surface area (Å²) in [7, 11) is 2.95. The van der Waals surface area contributed by atoms with Crippen molar-refractivity contribution in [2.75, 3.05) is 6.61 Å². The Kier molecular flexibility index (Phi) is 18.5. The van der Waals surface area contributed by atoms with Gasteiger partial charge in [0.2, 0.25) is 6.10 Å². The number of esters is 5. The first-order valence-electron chi connectivity index (χ1n) is 26.8. The van der Waals surface area contributed by atoms with E-state index in [1.165, 1.54) is 46.7 Å². The summed E-state index contributed by atoms with van der Waals surface area (Å²) in [6.07, 6.45) is -8.55. The number of alkyl carbamates (subject to hydrolysis) is 1. The highest BCUT2D eigenvalue weighted by atomic mass is 33.1. The third kappa shape index (κ3) is 13.0. The second-order valence-corrected chi connectivity index (χ2v) is 26.3. The highest BCUT2D eigenvalue weighted by Gasteiger charge is 2.78. The number of rotatable bonds is 19. The van der Waals surface area contributed by atoms with E-state index in [1.54, 1.807) is 92.6 Å². The summed E-state index contributed by atoms with van der Waals surface area (Å²) < 4.78 is 43.1. The molecule has 1 saturated heterocycles. The maximum atomic E-state index is 16.0. The Balaban J connectivity index is 1.36. The Morgan fingerprint density at radius 3 is 2.18 bits per heavy atom. The molecule has 0 aromatic heterocycles. The van der Waals surface area contributed by atoms with Crippen LogP contribution in [0.15, 0.2) is 82.3 Å². The van der Waals surface area contributed by atoms with Gasteiger partial charge in [-0.25, -0.2) is 14.4 Å². The third-order valence-corrected chi connectivity index (χ3v) is 18.9. The summed E-state index contributed by atoms with van der Waals surface area (Å²) >= 11 is 0. The van der Waals surface area contributed by atoms with Crippen molar-refractivity contribution in [2.24, 2.45) is 22.7 Å². The van der Waals surface area contributed by atoms with Crippen molar-refractivity contribution in [2.45, 2.75) is 198 Å². The van der Waals surface area contributed by atoms with Crippen molar-refractivity contribution in [1.29, 1.82) is 0 Å². The summed E-state index contributed by atoms with van der Waals surface area (Å²) in [5.74, 6) is -7.52. The molecule has 79 heavy (non-hydrogen) atoms. The number of amides is 1. The number of benzene rings is 2. The molecule has 1 unspecified atom stereocenters. The van der Waals surface area contributed by atoms with Gasteiger partial charge in [0.15, 0.2) is 17.5 Å². The number of hydrogen-bond donors (Lipinski definition) is 3. The van der Waals surface area contributed by atoms with Gasteiger partial charge in [-0.05, 0) is 110 Å². The first-order valence-corrected chi connectivity index (χ1v) is 29.0. The molecule has 0 radical (unpaired) electrons. The predicted octanol–water partition coefficient (Wildman–Crippen LogP) is 8.11. The topological polar surface area (TPSA) is 254 Å². The van der Waals surface area contributed by atoms with Crippen LogP contribution in [-0.4, -0.2) is 129 Å². The van der Waals surface area contributed by atoms with Gasteiger partial charge in [-0.1, -0.05) is 90.4 Å². The molecule has 18 nitrogen and oxygen atoms in total. The highest BCUT2D eigenvalue weighted by molar-refractivity contribution is 8.77. The van der Waals surface area contributed by atoms with Crippen LogP contribution in [0.4, 0.5) is 4.79 Å². The fraction of sp³-hybridized carbons (Fsp3) is 0.593. The molecule has 2 aromatic carbocycles. The van der Waals surface area contributed by atoms with Crippen molar-refractivity contribution >= 4 is 69.1 Å². The van der Waals surface area contributed by atoms with E-state index in [9.17, 15) is 39.0 Å². The zero-order valence-corrected chi connectivity index (χ0v) is 48.7. The molecular formula is C59H75NO17S2. The van der Waals surface area contributed by atoms with Crippen molar-refractivity contribution in [3.8, 4) is 0 Å². The molecule has 3 N–H and O–H groups in total. The lowest BCUT2D eigenvalue weighted by molar-refractivity contribution is -0.346. The lowest BCUT2D eigenvalue weighted by atomic mass is 9.44. The standard InChI is InChI=1S/C59H75NO17S2/c1-31(2)26-39(60-54(69)77-55(7,8)9)46(73-44(64)27-38-20-16-17-21-41(38)79-78-33(4)23-22-32(3)61)53(68)72-40-29-59(70)50(75-52(67)36-18-14-13-15-19-36)48-57(12,42(63)28-43-58(48,30-71-43)76-35(6)62)49(65)47(74-51(66)37-24-25-37)45(34(40)5)56(59,10)11/h13-21,26,33,37,39-40,42-43,46-48,50,63,70H,22-25,27-30H2,1-12H3,(H,60,69)/t33?,39-,40-,42-,43+,46+,47+,48-,50-,57+,58-,59+/m0/s1.